The predicted octanol–water partition coefficient (Wildman–Crippen LogP) is 4.92. The molecular formula is C23H28FN3O3. The summed E-state index contributed by atoms with van der Waals surface area (Å²) in [4.78, 5) is 22.3. The van der Waals surface area contributed by atoms with Crippen molar-refractivity contribution in [3.05, 3.63) is 65.7 Å². The fraction of sp³-hybridized carbons (Fsp3) is 0.348. The Morgan fingerprint density at radius 3 is 2.67 bits per heavy atom. The van der Waals surface area contributed by atoms with Crippen molar-refractivity contribution in [1.82, 2.24) is 14.9 Å². The molecule has 3 aromatic rings. The normalized spacial score (nSPS) is 10.2. The van der Waals surface area contributed by atoms with Crippen LogP contribution in [-0.2, 0) is 6.42 Å². The lowest BCUT2D eigenvalue weighted by Crippen LogP contribution is -2.28. The molecule has 0 spiro atoms. The van der Waals surface area contributed by atoms with Gasteiger partial charge in [0, 0.05) is 25.4 Å². The van der Waals surface area contributed by atoms with Gasteiger partial charge in [-0.25, -0.2) is 9.37 Å². The molecule has 0 aliphatic heterocycles. The van der Waals surface area contributed by atoms with Crippen molar-refractivity contribution >= 4 is 5.91 Å². The summed E-state index contributed by atoms with van der Waals surface area (Å²) >= 11 is 0. The molecule has 0 fully saturated rings. The topological polar surface area (TPSA) is 68.5 Å². The third kappa shape index (κ3) is 5.65. The van der Waals surface area contributed by atoms with E-state index in [0.29, 0.717) is 25.1 Å². The molecule has 0 aliphatic rings. The standard InChI is InChI=1S/C21H22FN3O3.C2H6/c1-14-9-16(6-7-18(14)27-3)20-19(24-13-28-20)21(26)25(2)8-4-5-15-10-17(22)12-23-11-15;1-2/h6-7,9-13H,4-5,8H2,1-3H3;1-2H3. The molecule has 3 rings (SSSR count). The fourth-order valence-corrected chi connectivity index (χ4v) is 3.02. The average molecular weight is 413 g/mol. The minimum atomic E-state index is -0.357. The van der Waals surface area contributed by atoms with Gasteiger partial charge in [-0.3, -0.25) is 9.78 Å². The smallest absolute Gasteiger partial charge is 0.276 e. The lowest BCUT2D eigenvalue weighted by atomic mass is 10.1. The van der Waals surface area contributed by atoms with Gasteiger partial charge in [0.25, 0.3) is 5.91 Å². The number of aromatic nitrogens is 2. The van der Waals surface area contributed by atoms with Crippen LogP contribution >= 0.6 is 0 Å². The second-order valence-electron chi connectivity index (χ2n) is 6.56. The summed E-state index contributed by atoms with van der Waals surface area (Å²) in [6, 6.07) is 7.02. The number of aryl methyl sites for hydroxylation is 2. The van der Waals surface area contributed by atoms with E-state index in [9.17, 15) is 9.18 Å². The molecule has 160 valence electrons. The average Bonchev–Trinajstić information content (AvgIpc) is 3.24. The Labute approximate surface area is 176 Å². The maximum atomic E-state index is 13.2. The van der Waals surface area contributed by atoms with Gasteiger partial charge in [-0.2, -0.15) is 0 Å². The predicted molar refractivity (Wildman–Crippen MR) is 114 cm³/mol. The molecule has 2 aromatic heterocycles. The van der Waals surface area contributed by atoms with Crippen LogP contribution in [0, 0.1) is 12.7 Å². The Balaban J connectivity index is 0.00000155. The number of nitrogens with zero attached hydrogens (tertiary/aromatic N) is 3. The Morgan fingerprint density at radius 1 is 1.23 bits per heavy atom. The van der Waals surface area contributed by atoms with E-state index < -0.39 is 0 Å². The molecule has 1 aromatic carbocycles. The number of amides is 1. The van der Waals surface area contributed by atoms with E-state index in [1.807, 2.05) is 39.0 Å². The van der Waals surface area contributed by atoms with Crippen molar-refractivity contribution in [2.45, 2.75) is 33.6 Å². The number of methoxy groups -OCH3 is 1. The lowest BCUT2D eigenvalue weighted by molar-refractivity contribution is 0.0788. The van der Waals surface area contributed by atoms with Gasteiger partial charge in [0.05, 0.1) is 13.3 Å². The minimum Gasteiger partial charge on any atom is -0.496 e. The first-order chi connectivity index (χ1) is 14.5. The summed E-state index contributed by atoms with van der Waals surface area (Å²) in [5, 5.41) is 0. The lowest BCUT2D eigenvalue weighted by Gasteiger charge is -2.16. The zero-order valence-corrected chi connectivity index (χ0v) is 18.1. The Hall–Kier alpha value is -3.22. The maximum absolute atomic E-state index is 13.2. The summed E-state index contributed by atoms with van der Waals surface area (Å²) in [6.45, 7) is 6.43. The van der Waals surface area contributed by atoms with Crippen LogP contribution in [0.2, 0.25) is 0 Å². The fourth-order valence-electron chi connectivity index (χ4n) is 3.02. The molecule has 7 heteroatoms. The number of oxazole rings is 1. The summed E-state index contributed by atoms with van der Waals surface area (Å²) < 4.78 is 24.0. The van der Waals surface area contributed by atoms with Crippen molar-refractivity contribution in [2.75, 3.05) is 20.7 Å². The van der Waals surface area contributed by atoms with Crippen LogP contribution in [0.1, 0.15) is 41.9 Å². The van der Waals surface area contributed by atoms with Crippen molar-refractivity contribution in [2.24, 2.45) is 0 Å². The first kappa shape index (κ1) is 23.1. The van der Waals surface area contributed by atoms with Crippen LogP contribution in [0.25, 0.3) is 11.3 Å². The first-order valence-corrected chi connectivity index (χ1v) is 9.93. The van der Waals surface area contributed by atoms with Crippen molar-refractivity contribution in [3.8, 4) is 17.1 Å². The highest BCUT2D eigenvalue weighted by atomic mass is 19.1. The zero-order valence-electron chi connectivity index (χ0n) is 18.1. The number of benzene rings is 1. The summed E-state index contributed by atoms with van der Waals surface area (Å²) in [7, 11) is 3.32. The Bertz CT molecular complexity index is 972. The molecule has 0 aliphatic carbocycles. The van der Waals surface area contributed by atoms with E-state index >= 15 is 0 Å². The highest BCUT2D eigenvalue weighted by molar-refractivity contribution is 5.97. The van der Waals surface area contributed by atoms with E-state index in [0.717, 1.165) is 22.4 Å². The van der Waals surface area contributed by atoms with Gasteiger partial charge in [-0.05, 0) is 55.2 Å². The van der Waals surface area contributed by atoms with Crippen LogP contribution in [-0.4, -0.2) is 41.5 Å². The van der Waals surface area contributed by atoms with Gasteiger partial charge in [-0.15, -0.1) is 0 Å². The summed E-state index contributed by atoms with van der Waals surface area (Å²) in [5.74, 6) is 0.607. The molecule has 0 unspecified atom stereocenters. The number of halogens is 1. The van der Waals surface area contributed by atoms with E-state index in [4.69, 9.17) is 9.15 Å². The van der Waals surface area contributed by atoms with Crippen molar-refractivity contribution in [1.29, 1.82) is 0 Å². The number of rotatable bonds is 7. The monoisotopic (exact) mass is 413 g/mol. The van der Waals surface area contributed by atoms with Crippen LogP contribution in [0.15, 0.2) is 47.5 Å². The van der Waals surface area contributed by atoms with Crippen LogP contribution in [0.4, 0.5) is 4.39 Å². The van der Waals surface area contributed by atoms with Gasteiger partial charge in [0.2, 0.25) is 0 Å². The number of ether oxygens (including phenoxy) is 1. The van der Waals surface area contributed by atoms with Crippen LogP contribution in [0.3, 0.4) is 0 Å². The van der Waals surface area contributed by atoms with Crippen LogP contribution in [0.5, 0.6) is 5.75 Å². The molecule has 0 saturated heterocycles. The molecule has 0 bridgehead atoms. The SMILES string of the molecule is CC.COc1ccc(-c2ocnc2C(=O)N(C)CCCc2cncc(F)c2)cc1C. The number of hydrogen-bond acceptors (Lipinski definition) is 5. The molecule has 1 amide bonds. The number of carbonyl (C=O) groups excluding carboxylic acids is 1. The van der Waals surface area contributed by atoms with Gasteiger partial charge >= 0.3 is 0 Å². The Morgan fingerprint density at radius 2 is 2.00 bits per heavy atom. The summed E-state index contributed by atoms with van der Waals surface area (Å²) in [5.41, 5.74) is 2.77. The highest BCUT2D eigenvalue weighted by Crippen LogP contribution is 2.28. The van der Waals surface area contributed by atoms with Crippen molar-refractivity contribution < 1.29 is 18.3 Å². The molecule has 0 N–H and O–H groups in total. The van der Waals surface area contributed by atoms with Crippen molar-refractivity contribution in [3.63, 3.8) is 0 Å². The molecule has 0 atom stereocenters. The van der Waals surface area contributed by atoms with E-state index in [1.54, 1.807) is 25.3 Å². The van der Waals surface area contributed by atoms with Gasteiger partial charge in [0.1, 0.15) is 11.6 Å². The zero-order chi connectivity index (χ0) is 22.1. The number of hydrogen-bond donors (Lipinski definition) is 0. The molecule has 0 radical (unpaired) electrons. The number of pyridine rings is 1. The van der Waals surface area contributed by atoms with Gasteiger partial charge in [-0.1, -0.05) is 13.8 Å². The molecule has 0 saturated carbocycles. The molecule has 30 heavy (non-hydrogen) atoms. The van der Waals surface area contributed by atoms with Gasteiger partial charge in [0.15, 0.2) is 17.8 Å². The minimum absolute atomic E-state index is 0.227. The maximum Gasteiger partial charge on any atom is 0.276 e. The van der Waals surface area contributed by atoms with E-state index in [-0.39, 0.29) is 17.4 Å². The second kappa shape index (κ2) is 11.1. The molecule has 6 nitrogen and oxygen atoms in total. The van der Waals surface area contributed by atoms with E-state index in [2.05, 4.69) is 9.97 Å². The van der Waals surface area contributed by atoms with E-state index in [1.165, 1.54) is 18.7 Å². The first-order valence-electron chi connectivity index (χ1n) is 9.93. The van der Waals surface area contributed by atoms with Gasteiger partial charge < -0.3 is 14.1 Å². The third-order valence-corrected chi connectivity index (χ3v) is 4.49. The molecule has 2 heterocycles. The second-order valence-corrected chi connectivity index (χ2v) is 6.56. The Kier molecular flexibility index (Phi) is 8.53. The highest BCUT2D eigenvalue weighted by Gasteiger charge is 2.22. The molecular weight excluding hydrogens is 385 g/mol. The largest absolute Gasteiger partial charge is 0.496 e. The quantitative estimate of drug-likeness (QED) is 0.550. The number of carbonyl (C=O) groups is 1. The third-order valence-electron chi connectivity index (χ3n) is 4.49. The summed E-state index contributed by atoms with van der Waals surface area (Å²) in [6.07, 6.45) is 5.39. The van der Waals surface area contributed by atoms with Crippen LogP contribution < -0.4 is 4.74 Å².